The largest absolute Gasteiger partial charge is 0.495 e. The highest BCUT2D eigenvalue weighted by Gasteiger charge is 2.33. The molecule has 3 rings (SSSR count). The number of anilines is 3. The molecule has 28 heavy (non-hydrogen) atoms. The molecule has 2 N–H and O–H groups in total. The van der Waals surface area contributed by atoms with Gasteiger partial charge in [0.2, 0.25) is 11.8 Å². The monoisotopic (exact) mass is 381 g/mol. The summed E-state index contributed by atoms with van der Waals surface area (Å²) in [6.07, 6.45) is 1.80. The highest BCUT2D eigenvalue weighted by molar-refractivity contribution is 6.11. The van der Waals surface area contributed by atoms with Crippen LogP contribution in [-0.2, 0) is 9.59 Å². The van der Waals surface area contributed by atoms with E-state index in [1.807, 2.05) is 0 Å². The van der Waals surface area contributed by atoms with Crippen LogP contribution in [0.1, 0.15) is 30.1 Å². The van der Waals surface area contributed by atoms with Gasteiger partial charge in [-0.1, -0.05) is 12.1 Å². The van der Waals surface area contributed by atoms with Crippen LogP contribution in [0.5, 0.6) is 5.75 Å². The minimum atomic E-state index is -0.343. The number of rotatable bonds is 6. The first-order chi connectivity index (χ1) is 13.4. The number of hydrogen-bond acceptors (Lipinski definition) is 4. The van der Waals surface area contributed by atoms with Gasteiger partial charge in [0.25, 0.3) is 5.91 Å². The van der Waals surface area contributed by atoms with E-state index in [1.54, 1.807) is 54.4 Å². The number of ether oxygens (including phenoxy) is 1. The van der Waals surface area contributed by atoms with E-state index >= 15 is 0 Å². The highest BCUT2D eigenvalue weighted by Crippen LogP contribution is 2.33. The Balaban J connectivity index is 1.83. The maximum Gasteiger partial charge on any atom is 0.257 e. The first kappa shape index (κ1) is 19.4. The van der Waals surface area contributed by atoms with Crippen LogP contribution in [0.25, 0.3) is 0 Å². The lowest BCUT2D eigenvalue weighted by atomic mass is 10.1. The van der Waals surface area contributed by atoms with Crippen molar-refractivity contribution in [2.24, 2.45) is 5.92 Å². The molecule has 1 aliphatic rings. The fourth-order valence-corrected chi connectivity index (χ4v) is 2.95. The summed E-state index contributed by atoms with van der Waals surface area (Å²) in [4.78, 5) is 38.2. The quantitative estimate of drug-likeness (QED) is 0.804. The Morgan fingerprint density at radius 1 is 1.07 bits per heavy atom. The fourth-order valence-electron chi connectivity index (χ4n) is 2.95. The standard InChI is InChI=1S/C21H23N3O4/c1-13(25)22-17-12-15(10-11-19(17)28-3)23-20(26)16-6-4-5-7-18(16)24(2)21(27)14-8-9-14/h4-7,10-12,14H,8-9H2,1-3H3,(H,22,25)(H,23,26). The van der Waals surface area contributed by atoms with Gasteiger partial charge in [-0.15, -0.1) is 0 Å². The second-order valence-corrected chi connectivity index (χ2v) is 6.74. The van der Waals surface area contributed by atoms with Gasteiger partial charge in [0.1, 0.15) is 5.75 Å². The molecule has 146 valence electrons. The number of benzene rings is 2. The number of amides is 3. The van der Waals surface area contributed by atoms with Crippen LogP contribution < -0.4 is 20.3 Å². The van der Waals surface area contributed by atoms with Gasteiger partial charge in [0, 0.05) is 25.6 Å². The molecule has 0 radical (unpaired) electrons. The predicted octanol–water partition coefficient (Wildman–Crippen LogP) is 3.28. The molecule has 1 aliphatic carbocycles. The van der Waals surface area contributed by atoms with Crippen LogP contribution in [0.3, 0.4) is 0 Å². The van der Waals surface area contributed by atoms with Crippen molar-refractivity contribution in [3.63, 3.8) is 0 Å². The molecule has 7 heteroatoms. The average molecular weight is 381 g/mol. The lowest BCUT2D eigenvalue weighted by molar-refractivity contribution is -0.119. The van der Waals surface area contributed by atoms with Crippen LogP contribution in [0.2, 0.25) is 0 Å². The van der Waals surface area contributed by atoms with E-state index < -0.39 is 0 Å². The molecule has 0 spiro atoms. The predicted molar refractivity (Wildman–Crippen MR) is 108 cm³/mol. The molecule has 1 saturated carbocycles. The molecule has 3 amide bonds. The zero-order valence-corrected chi connectivity index (χ0v) is 16.1. The van der Waals surface area contributed by atoms with Crippen LogP contribution in [-0.4, -0.2) is 31.9 Å². The molecule has 7 nitrogen and oxygen atoms in total. The van der Waals surface area contributed by atoms with E-state index in [-0.39, 0.29) is 23.6 Å². The minimum Gasteiger partial charge on any atom is -0.495 e. The second-order valence-electron chi connectivity index (χ2n) is 6.74. The number of nitrogens with zero attached hydrogens (tertiary/aromatic N) is 1. The summed E-state index contributed by atoms with van der Waals surface area (Å²) in [7, 11) is 3.19. The Labute approximate surface area is 163 Å². The molecule has 0 aromatic heterocycles. The Hall–Kier alpha value is -3.35. The van der Waals surface area contributed by atoms with Crippen molar-refractivity contribution in [2.45, 2.75) is 19.8 Å². The third-order valence-corrected chi connectivity index (χ3v) is 4.54. The minimum absolute atomic E-state index is 0.0256. The SMILES string of the molecule is COc1ccc(NC(=O)c2ccccc2N(C)C(=O)C2CC2)cc1NC(C)=O. The molecule has 2 aromatic rings. The van der Waals surface area contributed by atoms with E-state index in [2.05, 4.69) is 10.6 Å². The van der Waals surface area contributed by atoms with Crippen LogP contribution in [0.15, 0.2) is 42.5 Å². The molecular weight excluding hydrogens is 358 g/mol. The Morgan fingerprint density at radius 3 is 2.43 bits per heavy atom. The molecule has 2 aromatic carbocycles. The number of carbonyl (C=O) groups is 3. The van der Waals surface area contributed by atoms with Crippen molar-refractivity contribution < 1.29 is 19.1 Å². The van der Waals surface area contributed by atoms with Gasteiger partial charge < -0.3 is 20.3 Å². The van der Waals surface area contributed by atoms with Crippen molar-refractivity contribution in [3.05, 3.63) is 48.0 Å². The Kier molecular flexibility index (Phi) is 5.63. The van der Waals surface area contributed by atoms with Gasteiger partial charge in [-0.2, -0.15) is 0 Å². The van der Waals surface area contributed by atoms with Crippen molar-refractivity contribution in [1.29, 1.82) is 0 Å². The summed E-state index contributed by atoms with van der Waals surface area (Å²) < 4.78 is 5.22. The normalized spacial score (nSPS) is 12.8. The first-order valence-electron chi connectivity index (χ1n) is 9.04. The van der Waals surface area contributed by atoms with Gasteiger partial charge in [0.05, 0.1) is 24.0 Å². The van der Waals surface area contributed by atoms with E-state index in [0.717, 1.165) is 12.8 Å². The van der Waals surface area contributed by atoms with Gasteiger partial charge in [-0.3, -0.25) is 14.4 Å². The summed E-state index contributed by atoms with van der Waals surface area (Å²) in [5.74, 6) is -0.0127. The summed E-state index contributed by atoms with van der Waals surface area (Å²) in [5, 5.41) is 5.49. The molecule has 0 heterocycles. The van der Waals surface area contributed by atoms with Crippen molar-refractivity contribution >= 4 is 34.8 Å². The third kappa shape index (κ3) is 4.31. The second kappa shape index (κ2) is 8.12. The van der Waals surface area contributed by atoms with Crippen molar-refractivity contribution in [1.82, 2.24) is 0 Å². The number of nitrogens with one attached hydrogen (secondary N) is 2. The molecule has 0 aliphatic heterocycles. The van der Waals surface area contributed by atoms with Crippen LogP contribution in [0, 0.1) is 5.92 Å². The maximum atomic E-state index is 12.9. The topological polar surface area (TPSA) is 87.7 Å². The smallest absolute Gasteiger partial charge is 0.257 e. The first-order valence-corrected chi connectivity index (χ1v) is 9.04. The lowest BCUT2D eigenvalue weighted by Crippen LogP contribution is -2.29. The molecular formula is C21H23N3O4. The van der Waals surface area contributed by atoms with E-state index in [0.29, 0.717) is 28.4 Å². The highest BCUT2D eigenvalue weighted by atomic mass is 16.5. The van der Waals surface area contributed by atoms with Crippen molar-refractivity contribution in [3.8, 4) is 5.75 Å². The summed E-state index contributed by atoms with van der Waals surface area (Å²) in [6, 6.07) is 12.0. The van der Waals surface area contributed by atoms with E-state index in [4.69, 9.17) is 4.74 Å². The van der Waals surface area contributed by atoms with Gasteiger partial charge in [-0.25, -0.2) is 0 Å². The van der Waals surface area contributed by atoms with E-state index in [1.165, 1.54) is 14.0 Å². The Bertz CT molecular complexity index is 922. The van der Waals surface area contributed by atoms with Gasteiger partial charge in [-0.05, 0) is 43.2 Å². The Morgan fingerprint density at radius 2 is 1.79 bits per heavy atom. The molecule has 0 unspecified atom stereocenters. The number of methoxy groups -OCH3 is 1. The zero-order chi connectivity index (χ0) is 20.3. The average Bonchev–Trinajstić information content (AvgIpc) is 3.52. The van der Waals surface area contributed by atoms with Gasteiger partial charge in [0.15, 0.2) is 0 Å². The molecule has 0 bridgehead atoms. The zero-order valence-electron chi connectivity index (χ0n) is 16.1. The van der Waals surface area contributed by atoms with Crippen LogP contribution >= 0.6 is 0 Å². The van der Waals surface area contributed by atoms with Crippen LogP contribution in [0.4, 0.5) is 17.1 Å². The summed E-state index contributed by atoms with van der Waals surface area (Å²) in [6.45, 7) is 1.40. The number of hydrogen-bond donors (Lipinski definition) is 2. The number of carbonyl (C=O) groups excluding carboxylic acids is 3. The van der Waals surface area contributed by atoms with E-state index in [9.17, 15) is 14.4 Å². The lowest BCUT2D eigenvalue weighted by Gasteiger charge is -2.20. The van der Waals surface area contributed by atoms with Gasteiger partial charge >= 0.3 is 0 Å². The molecule has 1 fully saturated rings. The fraction of sp³-hybridized carbons (Fsp3) is 0.286. The number of para-hydroxylation sites is 1. The summed E-state index contributed by atoms with van der Waals surface area (Å²) in [5.41, 5.74) is 1.92. The summed E-state index contributed by atoms with van der Waals surface area (Å²) >= 11 is 0. The maximum absolute atomic E-state index is 12.9. The third-order valence-electron chi connectivity index (χ3n) is 4.54. The molecule has 0 atom stereocenters. The molecule has 0 saturated heterocycles. The van der Waals surface area contributed by atoms with Crippen molar-refractivity contribution in [2.75, 3.05) is 29.7 Å².